The highest BCUT2D eigenvalue weighted by molar-refractivity contribution is 7.08. The Kier molecular flexibility index (Phi) is 4.29. The molecule has 2 unspecified atom stereocenters. The molecule has 100 valence electrons. The number of amides is 1. The molecule has 0 aliphatic carbocycles. The summed E-state index contributed by atoms with van der Waals surface area (Å²) in [5.74, 6) is 1.09. The van der Waals surface area contributed by atoms with Gasteiger partial charge in [0.25, 0.3) is 5.91 Å². The molecule has 1 aliphatic rings. The maximum atomic E-state index is 12.4. The summed E-state index contributed by atoms with van der Waals surface area (Å²) >= 11 is 1.20. The van der Waals surface area contributed by atoms with Gasteiger partial charge in [-0.15, -0.1) is 5.10 Å². The van der Waals surface area contributed by atoms with Crippen LogP contribution in [0.2, 0.25) is 0 Å². The minimum Gasteiger partial charge on any atom is -0.337 e. The highest BCUT2D eigenvalue weighted by Crippen LogP contribution is 2.24. The molecule has 1 saturated heterocycles. The summed E-state index contributed by atoms with van der Waals surface area (Å²) in [5.41, 5.74) is 6.58. The first kappa shape index (κ1) is 13.4. The van der Waals surface area contributed by atoms with E-state index in [4.69, 9.17) is 5.73 Å². The number of rotatable bonds is 3. The molecule has 2 heterocycles. The molecular formula is C12H20N4OS. The maximum Gasteiger partial charge on any atom is 0.267 e. The van der Waals surface area contributed by atoms with Gasteiger partial charge in [-0.25, -0.2) is 0 Å². The molecule has 0 radical (unpaired) electrons. The largest absolute Gasteiger partial charge is 0.337 e. The third kappa shape index (κ3) is 2.54. The van der Waals surface area contributed by atoms with Crippen molar-refractivity contribution in [1.82, 2.24) is 14.5 Å². The molecule has 5 nitrogen and oxygen atoms in total. The van der Waals surface area contributed by atoms with Crippen molar-refractivity contribution in [2.45, 2.75) is 26.7 Å². The van der Waals surface area contributed by atoms with Crippen LogP contribution in [0.25, 0.3) is 0 Å². The van der Waals surface area contributed by atoms with Gasteiger partial charge in [-0.05, 0) is 42.8 Å². The van der Waals surface area contributed by atoms with E-state index in [1.807, 2.05) is 11.8 Å². The second-order valence-corrected chi connectivity index (χ2v) is 5.67. The second-order valence-electron chi connectivity index (χ2n) is 4.92. The molecular weight excluding hydrogens is 248 g/mol. The average molecular weight is 268 g/mol. The number of hydrogen-bond acceptors (Lipinski definition) is 5. The molecule has 6 heteroatoms. The van der Waals surface area contributed by atoms with Gasteiger partial charge in [0.1, 0.15) is 4.88 Å². The number of carbonyl (C=O) groups is 1. The Hall–Kier alpha value is -1.01. The summed E-state index contributed by atoms with van der Waals surface area (Å²) in [6.45, 7) is 6.43. The smallest absolute Gasteiger partial charge is 0.267 e. The number of nitrogens with two attached hydrogens (primary N) is 1. The number of aromatic nitrogens is 2. The van der Waals surface area contributed by atoms with Gasteiger partial charge in [-0.1, -0.05) is 18.3 Å². The van der Waals surface area contributed by atoms with Crippen molar-refractivity contribution in [3.05, 3.63) is 10.6 Å². The van der Waals surface area contributed by atoms with Crippen LogP contribution in [-0.2, 0) is 6.42 Å². The molecule has 1 aromatic rings. The van der Waals surface area contributed by atoms with Crippen LogP contribution >= 0.6 is 11.5 Å². The van der Waals surface area contributed by atoms with E-state index in [-0.39, 0.29) is 5.91 Å². The van der Waals surface area contributed by atoms with Gasteiger partial charge in [-0.3, -0.25) is 4.79 Å². The van der Waals surface area contributed by atoms with Crippen LogP contribution in [0.15, 0.2) is 0 Å². The molecule has 2 atom stereocenters. The minimum absolute atomic E-state index is 0.0761. The highest BCUT2D eigenvalue weighted by atomic mass is 32.1. The monoisotopic (exact) mass is 268 g/mol. The lowest BCUT2D eigenvalue weighted by molar-refractivity contribution is 0.0622. The summed E-state index contributed by atoms with van der Waals surface area (Å²) in [6, 6.07) is 0. The zero-order chi connectivity index (χ0) is 13.1. The van der Waals surface area contributed by atoms with E-state index in [0.29, 0.717) is 23.3 Å². The Morgan fingerprint density at radius 3 is 3.06 bits per heavy atom. The van der Waals surface area contributed by atoms with E-state index in [2.05, 4.69) is 16.5 Å². The average Bonchev–Trinajstić information content (AvgIpc) is 2.86. The van der Waals surface area contributed by atoms with Crippen molar-refractivity contribution in [2.75, 3.05) is 19.6 Å². The standard InChI is InChI=1S/C12H20N4OS/c1-3-10-11(18-15-14-10)12(17)16-5-4-8(2)9(6-13)7-16/h8-9H,3-7,13H2,1-2H3. The van der Waals surface area contributed by atoms with E-state index < -0.39 is 0 Å². The van der Waals surface area contributed by atoms with Gasteiger partial charge < -0.3 is 10.6 Å². The van der Waals surface area contributed by atoms with Crippen molar-refractivity contribution in [2.24, 2.45) is 17.6 Å². The van der Waals surface area contributed by atoms with E-state index in [1.165, 1.54) is 11.5 Å². The molecule has 2 N–H and O–H groups in total. The number of hydrogen-bond donors (Lipinski definition) is 1. The fraction of sp³-hybridized carbons (Fsp3) is 0.750. The van der Waals surface area contributed by atoms with Crippen molar-refractivity contribution in [1.29, 1.82) is 0 Å². The second kappa shape index (κ2) is 5.75. The maximum absolute atomic E-state index is 12.4. The molecule has 0 saturated carbocycles. The normalized spacial score (nSPS) is 24.3. The van der Waals surface area contributed by atoms with Gasteiger partial charge in [0.05, 0.1) is 5.69 Å². The zero-order valence-electron chi connectivity index (χ0n) is 10.9. The predicted molar refractivity (Wildman–Crippen MR) is 71.5 cm³/mol. The first-order valence-electron chi connectivity index (χ1n) is 6.47. The summed E-state index contributed by atoms with van der Waals surface area (Å²) in [6.07, 6.45) is 1.78. The zero-order valence-corrected chi connectivity index (χ0v) is 11.7. The molecule has 1 amide bonds. The third-order valence-corrected chi connectivity index (χ3v) is 4.54. The van der Waals surface area contributed by atoms with Crippen LogP contribution in [0.4, 0.5) is 0 Å². The van der Waals surface area contributed by atoms with Crippen LogP contribution in [0.3, 0.4) is 0 Å². The van der Waals surface area contributed by atoms with Crippen molar-refractivity contribution < 1.29 is 4.79 Å². The number of nitrogens with zero attached hydrogens (tertiary/aromatic N) is 3. The van der Waals surface area contributed by atoms with Crippen molar-refractivity contribution in [3.63, 3.8) is 0 Å². The van der Waals surface area contributed by atoms with E-state index in [0.717, 1.165) is 31.6 Å². The van der Waals surface area contributed by atoms with Gasteiger partial charge in [0, 0.05) is 13.1 Å². The Bertz CT molecular complexity index is 420. The fourth-order valence-electron chi connectivity index (χ4n) is 2.39. The van der Waals surface area contributed by atoms with Crippen LogP contribution in [0.5, 0.6) is 0 Å². The fourth-order valence-corrected chi connectivity index (χ4v) is 3.11. The van der Waals surface area contributed by atoms with Crippen LogP contribution in [0, 0.1) is 11.8 Å². The van der Waals surface area contributed by atoms with E-state index in [1.54, 1.807) is 0 Å². The molecule has 0 aromatic carbocycles. The number of aryl methyl sites for hydroxylation is 1. The molecule has 1 aromatic heterocycles. The van der Waals surface area contributed by atoms with Crippen LogP contribution in [0.1, 0.15) is 35.6 Å². The lowest BCUT2D eigenvalue weighted by Gasteiger charge is -2.36. The summed E-state index contributed by atoms with van der Waals surface area (Å²) in [5, 5.41) is 4.00. The summed E-state index contributed by atoms with van der Waals surface area (Å²) in [4.78, 5) is 15.0. The number of piperidine rings is 1. The quantitative estimate of drug-likeness (QED) is 0.893. The van der Waals surface area contributed by atoms with Gasteiger partial charge in [0.2, 0.25) is 0 Å². The van der Waals surface area contributed by atoms with Gasteiger partial charge in [-0.2, -0.15) is 0 Å². The minimum atomic E-state index is 0.0761. The Labute approximate surface area is 112 Å². The summed E-state index contributed by atoms with van der Waals surface area (Å²) < 4.78 is 3.88. The molecule has 2 rings (SSSR count). The van der Waals surface area contributed by atoms with Crippen molar-refractivity contribution >= 4 is 17.4 Å². The molecule has 0 spiro atoms. The Balaban J connectivity index is 2.10. The lowest BCUT2D eigenvalue weighted by atomic mass is 9.87. The Morgan fingerprint density at radius 1 is 1.61 bits per heavy atom. The topological polar surface area (TPSA) is 72.1 Å². The van der Waals surface area contributed by atoms with Crippen LogP contribution < -0.4 is 5.73 Å². The van der Waals surface area contributed by atoms with Gasteiger partial charge >= 0.3 is 0 Å². The molecule has 18 heavy (non-hydrogen) atoms. The van der Waals surface area contributed by atoms with Crippen molar-refractivity contribution in [3.8, 4) is 0 Å². The SMILES string of the molecule is CCc1nnsc1C(=O)N1CCC(C)C(CN)C1. The Morgan fingerprint density at radius 2 is 2.39 bits per heavy atom. The lowest BCUT2D eigenvalue weighted by Crippen LogP contribution is -2.45. The van der Waals surface area contributed by atoms with Crippen LogP contribution in [-0.4, -0.2) is 40.0 Å². The van der Waals surface area contributed by atoms with E-state index >= 15 is 0 Å². The predicted octanol–water partition coefficient (Wildman–Crippen LogP) is 1.16. The summed E-state index contributed by atoms with van der Waals surface area (Å²) in [7, 11) is 0. The number of likely N-dealkylation sites (tertiary alicyclic amines) is 1. The third-order valence-electron chi connectivity index (χ3n) is 3.79. The highest BCUT2D eigenvalue weighted by Gasteiger charge is 2.30. The van der Waals surface area contributed by atoms with Gasteiger partial charge in [0.15, 0.2) is 0 Å². The van der Waals surface area contributed by atoms with E-state index in [9.17, 15) is 4.79 Å². The first-order valence-corrected chi connectivity index (χ1v) is 7.25. The first-order chi connectivity index (χ1) is 8.67. The molecule has 1 aliphatic heterocycles. The molecule has 0 bridgehead atoms. The molecule has 1 fully saturated rings. The number of carbonyl (C=O) groups excluding carboxylic acids is 1.